The van der Waals surface area contributed by atoms with E-state index in [-0.39, 0.29) is 57.3 Å². The predicted octanol–water partition coefficient (Wildman–Crippen LogP) is 31.4. The van der Waals surface area contributed by atoms with E-state index >= 15 is 0 Å². The summed E-state index contributed by atoms with van der Waals surface area (Å²) < 4.78 is 0. The Morgan fingerprint density at radius 3 is 0.486 bits per heavy atom. The van der Waals surface area contributed by atoms with Gasteiger partial charge in [-0.05, 0) is 180 Å². The second-order valence-electron chi connectivity index (χ2n) is 28.2. The lowest BCUT2D eigenvalue weighted by atomic mass is 10.0. The highest BCUT2D eigenvalue weighted by Gasteiger charge is 2.01. The standard InChI is InChI=1S/C22H33NO2.C20H33NO2.C18H37NO2.2C18H31NO2/c1-2-3-4-5-6-7-8-9-10-11-12-13-14-15-16-17-18-19-20-21-22-23(24)25;1-2-3-4-5-6-7-8-9-10-11-12-13-14-15-16-17-18-19-20-21(22)23;3*1-2-3-4-5-6-7-8-9-10-11-12-13-14-15-16-17-18-19(20)21/h3-4,6-7,9-10,12-13,15-16,18-19H,2,5,8,11,14,17,20-22H2,1H3;6-7,9-10,12-13,15-16H,2-5,8,11,14,17-20H2,1H3;2-18H2,1H3;6-7,9-10,12-13H,2-5,8,11,14-18H2,1H3;3-4,6-7,9-10H,2,5,8,11-18H2,1H3/b4-3-,7-6-,10-9-,13-12-,16-15-,19-18-;7-6-,10-9-,13-12-,16-15-;;7-6-,10-9-,13-12-;4-3-,7-6-,10-9-. The van der Waals surface area contributed by atoms with Crippen LogP contribution in [-0.2, 0) is 0 Å². The third-order valence-corrected chi connectivity index (χ3v) is 17.4. The number of rotatable bonds is 75. The maximum Gasteiger partial charge on any atom is 0.204 e. The molecular weight excluding hydrogens is 1380 g/mol. The third kappa shape index (κ3) is 132. The normalized spacial score (nSPS) is 12.1. The average Bonchev–Trinajstić information content (AvgIpc) is 3.70. The zero-order valence-electron chi connectivity index (χ0n) is 71.5. The second kappa shape index (κ2) is 109. The van der Waals surface area contributed by atoms with Gasteiger partial charge in [0, 0.05) is 56.7 Å². The van der Waals surface area contributed by atoms with E-state index in [1.165, 1.54) is 161 Å². The quantitative estimate of drug-likeness (QED) is 0.0243. The molecule has 0 aliphatic rings. The molecule has 15 nitrogen and oxygen atoms in total. The van der Waals surface area contributed by atoms with Crippen molar-refractivity contribution in [3.05, 3.63) is 245 Å². The Bertz CT molecular complexity index is 2490. The van der Waals surface area contributed by atoms with E-state index in [1.807, 2.05) is 6.08 Å². The minimum Gasteiger partial charge on any atom is -0.265 e. The smallest absolute Gasteiger partial charge is 0.204 e. The molecular formula is C96H165N5O10. The molecule has 0 unspecified atom stereocenters. The molecule has 0 aliphatic heterocycles. The molecule has 0 rings (SSSR count). The summed E-state index contributed by atoms with van der Waals surface area (Å²) >= 11 is 0. The van der Waals surface area contributed by atoms with Crippen molar-refractivity contribution >= 4 is 0 Å². The van der Waals surface area contributed by atoms with Gasteiger partial charge in [0.2, 0.25) is 32.7 Å². The maximum atomic E-state index is 10.2. The predicted molar refractivity (Wildman–Crippen MR) is 483 cm³/mol. The first-order chi connectivity index (χ1) is 54.4. The fraction of sp³-hybridized carbons (Fsp3) is 0.667. The van der Waals surface area contributed by atoms with Crippen LogP contribution in [0.15, 0.2) is 194 Å². The molecule has 0 atom stereocenters. The molecule has 0 aromatic rings. The first kappa shape index (κ1) is 112. The van der Waals surface area contributed by atoms with Gasteiger partial charge in [-0.1, -0.05) is 364 Å². The minimum absolute atomic E-state index is 0.0615. The van der Waals surface area contributed by atoms with Gasteiger partial charge in [-0.15, -0.1) is 0 Å². The van der Waals surface area contributed by atoms with Crippen LogP contribution in [0.5, 0.6) is 0 Å². The molecule has 0 heterocycles. The monoisotopic (exact) mass is 1550 g/mol. The molecule has 0 saturated carbocycles. The Balaban J connectivity index is -0.000000422. The molecule has 0 amide bonds. The number of hydrogen-bond donors (Lipinski definition) is 0. The molecule has 0 aromatic heterocycles. The molecule has 0 spiro atoms. The summed E-state index contributed by atoms with van der Waals surface area (Å²) in [4.78, 5) is 49.5. The molecule has 0 bridgehead atoms. The van der Waals surface area contributed by atoms with E-state index in [0.717, 1.165) is 167 Å². The molecule has 0 aromatic carbocycles. The van der Waals surface area contributed by atoms with Crippen molar-refractivity contribution in [1.29, 1.82) is 0 Å². The van der Waals surface area contributed by atoms with Gasteiger partial charge in [-0.2, -0.15) is 0 Å². The molecule has 0 fully saturated rings. The van der Waals surface area contributed by atoms with E-state index in [1.54, 1.807) is 0 Å². The third-order valence-electron chi connectivity index (χ3n) is 17.4. The van der Waals surface area contributed by atoms with Gasteiger partial charge in [0.25, 0.3) is 0 Å². The second-order valence-corrected chi connectivity index (χ2v) is 28.2. The van der Waals surface area contributed by atoms with Crippen LogP contribution in [0, 0.1) is 50.6 Å². The van der Waals surface area contributed by atoms with E-state index in [9.17, 15) is 50.6 Å². The van der Waals surface area contributed by atoms with Crippen LogP contribution in [0.2, 0.25) is 0 Å². The van der Waals surface area contributed by atoms with Gasteiger partial charge in [0.15, 0.2) is 0 Å². The molecule has 0 saturated heterocycles. The van der Waals surface area contributed by atoms with Crippen LogP contribution in [-0.4, -0.2) is 57.3 Å². The first-order valence-electron chi connectivity index (χ1n) is 44.3. The zero-order valence-corrected chi connectivity index (χ0v) is 71.5. The van der Waals surface area contributed by atoms with Crippen LogP contribution < -0.4 is 0 Å². The Kier molecular flexibility index (Phi) is 111. The molecule has 111 heavy (non-hydrogen) atoms. The van der Waals surface area contributed by atoms with Gasteiger partial charge in [0.05, 0.1) is 0 Å². The largest absolute Gasteiger partial charge is 0.265 e. The van der Waals surface area contributed by atoms with E-state index in [4.69, 9.17) is 0 Å². The Hall–Kier alpha value is -7.16. The van der Waals surface area contributed by atoms with Crippen molar-refractivity contribution in [2.75, 3.05) is 32.7 Å². The summed E-state index contributed by atoms with van der Waals surface area (Å²) in [5.41, 5.74) is 0. The van der Waals surface area contributed by atoms with Crippen molar-refractivity contribution in [1.82, 2.24) is 0 Å². The molecule has 15 heteroatoms. The highest BCUT2D eigenvalue weighted by Crippen LogP contribution is 2.15. The number of unbranched alkanes of at least 4 members (excludes halogenated alkanes) is 33. The lowest BCUT2D eigenvalue weighted by Crippen LogP contribution is -1.99. The van der Waals surface area contributed by atoms with Crippen LogP contribution in [0.3, 0.4) is 0 Å². The SMILES string of the molecule is CC/C=C\C/C=C\C/C=C\C/C=C\C/C=C\C/C=C\CCC[N+](=O)[O-].CC/C=C\C/C=C\C/C=C\CCCCCCCC[N+](=O)[O-].CCCCC/C=C\C/C=C\C/C=C\C/C=C\CCCC[N+](=O)[O-].CCCCC/C=C\C/C=C\C/C=C\CCCCC[N+](=O)[O-].CCCCCCCCCCCCCCCCCC[N+](=O)[O-]. The fourth-order valence-corrected chi connectivity index (χ4v) is 10.8. The van der Waals surface area contributed by atoms with Gasteiger partial charge in [-0.25, -0.2) is 0 Å². The van der Waals surface area contributed by atoms with Crippen molar-refractivity contribution in [3.63, 3.8) is 0 Å². The molecule has 0 radical (unpaired) electrons. The molecule has 0 N–H and O–H groups in total. The van der Waals surface area contributed by atoms with E-state index in [0.29, 0.717) is 19.3 Å². The van der Waals surface area contributed by atoms with Crippen LogP contribution in [0.1, 0.15) is 381 Å². The minimum atomic E-state index is -0.266. The van der Waals surface area contributed by atoms with Crippen LogP contribution in [0.25, 0.3) is 0 Å². The summed E-state index contributed by atoms with van der Waals surface area (Å²) in [5.74, 6) is 0. The van der Waals surface area contributed by atoms with Crippen molar-refractivity contribution in [3.8, 4) is 0 Å². The number of allylic oxidation sites excluding steroid dienone is 32. The van der Waals surface area contributed by atoms with Gasteiger partial charge >= 0.3 is 0 Å². The Morgan fingerprint density at radius 1 is 0.153 bits per heavy atom. The van der Waals surface area contributed by atoms with Crippen LogP contribution in [0.4, 0.5) is 0 Å². The van der Waals surface area contributed by atoms with Crippen molar-refractivity contribution in [2.45, 2.75) is 381 Å². The molecule has 634 valence electrons. The maximum absolute atomic E-state index is 10.2. The van der Waals surface area contributed by atoms with Crippen molar-refractivity contribution in [2.24, 2.45) is 0 Å². The highest BCUT2D eigenvalue weighted by atomic mass is 16.6. The number of hydrogen-bond acceptors (Lipinski definition) is 10. The zero-order chi connectivity index (χ0) is 82.2. The summed E-state index contributed by atoms with van der Waals surface area (Å²) in [5, 5.41) is 50.7. The Labute approximate surface area is 680 Å². The Morgan fingerprint density at radius 2 is 0.279 bits per heavy atom. The van der Waals surface area contributed by atoms with Crippen LogP contribution >= 0.6 is 0 Å². The lowest BCUT2D eigenvalue weighted by molar-refractivity contribution is -0.480. The van der Waals surface area contributed by atoms with E-state index < -0.39 is 0 Å². The first-order valence-corrected chi connectivity index (χ1v) is 44.3. The molecule has 0 aliphatic carbocycles. The highest BCUT2D eigenvalue weighted by molar-refractivity contribution is 5.03. The lowest BCUT2D eigenvalue weighted by Gasteiger charge is -2.03. The summed E-state index contributed by atoms with van der Waals surface area (Å²) in [6.07, 6.45) is 131. The van der Waals surface area contributed by atoms with Crippen molar-refractivity contribution < 1.29 is 24.6 Å². The summed E-state index contributed by atoms with van der Waals surface area (Å²) in [6.45, 7) is 11.6. The number of nitrogens with zero attached hydrogens (tertiary/aromatic N) is 5. The summed E-state index contributed by atoms with van der Waals surface area (Å²) in [7, 11) is 0. The number of nitro groups is 5. The average molecular weight is 1550 g/mol. The fourth-order valence-electron chi connectivity index (χ4n) is 10.8. The topological polar surface area (TPSA) is 216 Å². The van der Waals surface area contributed by atoms with Gasteiger partial charge in [-0.3, -0.25) is 50.6 Å². The van der Waals surface area contributed by atoms with Gasteiger partial charge < -0.3 is 0 Å². The van der Waals surface area contributed by atoms with Gasteiger partial charge in [0.1, 0.15) is 0 Å². The van der Waals surface area contributed by atoms with E-state index in [2.05, 4.69) is 223 Å². The summed E-state index contributed by atoms with van der Waals surface area (Å²) in [6, 6.07) is 0.